The zero-order valence-corrected chi connectivity index (χ0v) is 11.3. The van der Waals surface area contributed by atoms with Crippen LogP contribution in [0.5, 0.6) is 0 Å². The number of fused-ring (bicyclic) bond motifs is 1. The molecule has 3 aromatic rings. The number of nitrogens with zero attached hydrogens (tertiary/aromatic N) is 1. The fourth-order valence-electron chi connectivity index (χ4n) is 2.15. The van der Waals surface area contributed by atoms with Gasteiger partial charge in [-0.3, -0.25) is 0 Å². The number of para-hydroxylation sites is 2. The van der Waals surface area contributed by atoms with Gasteiger partial charge < -0.3 is 9.73 Å². The van der Waals surface area contributed by atoms with Crippen molar-refractivity contribution in [3.63, 3.8) is 0 Å². The first-order chi connectivity index (χ1) is 9.79. The second-order valence-electron chi connectivity index (χ2n) is 4.36. The summed E-state index contributed by atoms with van der Waals surface area (Å²) >= 11 is 6.14. The van der Waals surface area contributed by atoms with Crippen molar-refractivity contribution in [2.75, 3.05) is 5.32 Å². The average molecular weight is 283 g/mol. The van der Waals surface area contributed by atoms with Gasteiger partial charge in [-0.2, -0.15) is 5.26 Å². The van der Waals surface area contributed by atoms with Crippen LogP contribution in [-0.2, 0) is 6.54 Å². The zero-order chi connectivity index (χ0) is 13.9. The van der Waals surface area contributed by atoms with E-state index < -0.39 is 0 Å². The standard InChI is InChI=1S/C16H11ClN2O/c17-16-13(12-6-2-4-8-15(12)20-16)10-19-14-7-3-1-5-11(14)9-18/h1-8,19H,10H2. The lowest BCUT2D eigenvalue weighted by atomic mass is 10.1. The zero-order valence-electron chi connectivity index (χ0n) is 10.6. The molecule has 3 nitrogen and oxygen atoms in total. The molecule has 0 radical (unpaired) electrons. The van der Waals surface area contributed by atoms with Crippen molar-refractivity contribution in [1.29, 1.82) is 5.26 Å². The Morgan fingerprint density at radius 1 is 1.10 bits per heavy atom. The van der Waals surface area contributed by atoms with Crippen LogP contribution in [0.3, 0.4) is 0 Å². The van der Waals surface area contributed by atoms with Crippen LogP contribution in [0, 0.1) is 11.3 Å². The van der Waals surface area contributed by atoms with Gasteiger partial charge in [0.15, 0.2) is 5.22 Å². The number of anilines is 1. The van der Waals surface area contributed by atoms with Gasteiger partial charge in [0.25, 0.3) is 0 Å². The van der Waals surface area contributed by atoms with Crippen molar-refractivity contribution in [1.82, 2.24) is 0 Å². The van der Waals surface area contributed by atoms with E-state index in [1.165, 1.54) is 0 Å². The summed E-state index contributed by atoms with van der Waals surface area (Å²) in [6.45, 7) is 0.508. The first-order valence-corrected chi connectivity index (χ1v) is 6.56. The number of benzene rings is 2. The molecule has 0 saturated carbocycles. The summed E-state index contributed by atoms with van der Waals surface area (Å²) in [4.78, 5) is 0. The van der Waals surface area contributed by atoms with Crippen molar-refractivity contribution in [2.45, 2.75) is 6.54 Å². The fraction of sp³-hybridized carbons (Fsp3) is 0.0625. The third-order valence-electron chi connectivity index (χ3n) is 3.15. The number of nitrogens with one attached hydrogen (secondary N) is 1. The Morgan fingerprint density at radius 3 is 2.70 bits per heavy atom. The highest BCUT2D eigenvalue weighted by molar-refractivity contribution is 6.30. The monoisotopic (exact) mass is 282 g/mol. The molecule has 4 heteroatoms. The van der Waals surface area contributed by atoms with Gasteiger partial charge >= 0.3 is 0 Å². The molecule has 0 aliphatic rings. The predicted molar refractivity (Wildman–Crippen MR) is 79.7 cm³/mol. The molecule has 0 fully saturated rings. The largest absolute Gasteiger partial charge is 0.444 e. The van der Waals surface area contributed by atoms with Gasteiger partial charge in [0.05, 0.1) is 11.3 Å². The lowest BCUT2D eigenvalue weighted by Gasteiger charge is -2.07. The molecular weight excluding hydrogens is 272 g/mol. The van der Waals surface area contributed by atoms with Gasteiger partial charge in [-0.05, 0) is 29.8 Å². The van der Waals surface area contributed by atoms with E-state index in [0.29, 0.717) is 17.3 Å². The minimum Gasteiger partial charge on any atom is -0.444 e. The van der Waals surface area contributed by atoms with E-state index in [-0.39, 0.29) is 0 Å². The topological polar surface area (TPSA) is 49.0 Å². The molecule has 0 aliphatic carbocycles. The van der Waals surface area contributed by atoms with Crippen molar-refractivity contribution in [2.24, 2.45) is 0 Å². The molecule has 0 spiro atoms. The van der Waals surface area contributed by atoms with Crippen LogP contribution in [0.2, 0.25) is 5.22 Å². The summed E-state index contributed by atoms with van der Waals surface area (Å²) in [5.41, 5.74) is 3.06. The Kier molecular flexibility index (Phi) is 3.32. The smallest absolute Gasteiger partial charge is 0.199 e. The van der Waals surface area contributed by atoms with Crippen molar-refractivity contribution in [3.8, 4) is 6.07 Å². The maximum atomic E-state index is 9.07. The summed E-state index contributed by atoms with van der Waals surface area (Å²) in [7, 11) is 0. The SMILES string of the molecule is N#Cc1ccccc1NCc1c(Cl)oc2ccccc12. The van der Waals surface area contributed by atoms with Crippen LogP contribution in [0.15, 0.2) is 52.9 Å². The highest BCUT2D eigenvalue weighted by Gasteiger charge is 2.12. The summed E-state index contributed by atoms with van der Waals surface area (Å²) in [6.07, 6.45) is 0. The van der Waals surface area contributed by atoms with Gasteiger partial charge in [0.1, 0.15) is 11.7 Å². The third kappa shape index (κ3) is 2.22. The van der Waals surface area contributed by atoms with Crippen LogP contribution in [0.25, 0.3) is 11.0 Å². The maximum Gasteiger partial charge on any atom is 0.199 e. The average Bonchev–Trinajstić information content (AvgIpc) is 2.81. The number of rotatable bonds is 3. The fourth-order valence-corrected chi connectivity index (χ4v) is 2.40. The second kappa shape index (κ2) is 5.28. The Morgan fingerprint density at radius 2 is 1.85 bits per heavy atom. The quantitative estimate of drug-likeness (QED) is 0.765. The molecule has 0 unspecified atom stereocenters. The van der Waals surface area contributed by atoms with E-state index in [1.807, 2.05) is 42.5 Å². The van der Waals surface area contributed by atoms with Crippen molar-refractivity contribution < 1.29 is 4.42 Å². The molecule has 0 bridgehead atoms. The van der Waals surface area contributed by atoms with Gasteiger partial charge in [0.2, 0.25) is 0 Å². The molecule has 0 saturated heterocycles. The van der Waals surface area contributed by atoms with Crippen LogP contribution < -0.4 is 5.32 Å². The molecule has 20 heavy (non-hydrogen) atoms. The molecule has 1 N–H and O–H groups in total. The molecule has 1 heterocycles. The molecule has 98 valence electrons. The van der Waals surface area contributed by atoms with E-state index in [2.05, 4.69) is 11.4 Å². The van der Waals surface area contributed by atoms with Gasteiger partial charge in [-0.25, -0.2) is 0 Å². The normalized spacial score (nSPS) is 10.4. The first kappa shape index (κ1) is 12.6. The number of nitriles is 1. The predicted octanol–water partition coefficient (Wildman–Crippen LogP) is 4.57. The third-order valence-corrected chi connectivity index (χ3v) is 3.46. The Hall–Kier alpha value is -2.44. The van der Waals surface area contributed by atoms with E-state index >= 15 is 0 Å². The molecule has 2 aromatic carbocycles. The summed E-state index contributed by atoms with van der Waals surface area (Å²) in [6, 6.07) is 17.2. The van der Waals surface area contributed by atoms with Crippen LogP contribution in [0.1, 0.15) is 11.1 Å². The van der Waals surface area contributed by atoms with E-state index in [4.69, 9.17) is 21.3 Å². The molecule has 3 rings (SSSR count). The Labute approximate surface area is 121 Å². The molecule has 0 amide bonds. The van der Waals surface area contributed by atoms with Crippen LogP contribution >= 0.6 is 11.6 Å². The second-order valence-corrected chi connectivity index (χ2v) is 4.70. The number of hydrogen-bond acceptors (Lipinski definition) is 3. The van der Waals surface area contributed by atoms with Crippen LogP contribution in [-0.4, -0.2) is 0 Å². The molecule has 0 aliphatic heterocycles. The summed E-state index contributed by atoms with van der Waals surface area (Å²) in [5.74, 6) is 0. The summed E-state index contributed by atoms with van der Waals surface area (Å²) < 4.78 is 5.50. The Bertz CT molecular complexity index is 802. The molecular formula is C16H11ClN2O. The number of halogens is 1. The van der Waals surface area contributed by atoms with E-state index in [1.54, 1.807) is 6.07 Å². The first-order valence-electron chi connectivity index (χ1n) is 6.18. The van der Waals surface area contributed by atoms with Gasteiger partial charge in [-0.15, -0.1) is 0 Å². The minimum absolute atomic E-state index is 0.383. The highest BCUT2D eigenvalue weighted by atomic mass is 35.5. The molecule has 0 atom stereocenters. The van der Waals surface area contributed by atoms with E-state index in [0.717, 1.165) is 22.2 Å². The maximum absolute atomic E-state index is 9.07. The number of hydrogen-bond donors (Lipinski definition) is 1. The lowest BCUT2D eigenvalue weighted by molar-refractivity contribution is 0.613. The minimum atomic E-state index is 0.383. The number of furan rings is 1. The highest BCUT2D eigenvalue weighted by Crippen LogP contribution is 2.30. The summed E-state index contributed by atoms with van der Waals surface area (Å²) in [5, 5.41) is 13.7. The van der Waals surface area contributed by atoms with Crippen molar-refractivity contribution in [3.05, 3.63) is 64.9 Å². The Balaban J connectivity index is 1.91. The molecule has 1 aromatic heterocycles. The van der Waals surface area contributed by atoms with Crippen molar-refractivity contribution >= 4 is 28.3 Å². The van der Waals surface area contributed by atoms with Crippen LogP contribution in [0.4, 0.5) is 5.69 Å². The van der Waals surface area contributed by atoms with E-state index in [9.17, 15) is 0 Å². The van der Waals surface area contributed by atoms with Gasteiger partial charge in [-0.1, -0.05) is 30.3 Å². The van der Waals surface area contributed by atoms with Gasteiger partial charge in [0, 0.05) is 17.5 Å². The lowest BCUT2D eigenvalue weighted by Crippen LogP contribution is -2.00.